The van der Waals surface area contributed by atoms with Gasteiger partial charge in [0, 0.05) is 65.8 Å². The van der Waals surface area contributed by atoms with E-state index in [2.05, 4.69) is 37.5 Å². The molecule has 8 heteroatoms. The number of anilines is 2. The van der Waals surface area contributed by atoms with E-state index in [-0.39, 0.29) is 0 Å². The van der Waals surface area contributed by atoms with Crippen LogP contribution in [0.5, 0.6) is 5.75 Å². The molecule has 6 nitrogen and oxygen atoms in total. The number of nitrogens with two attached hydrogens (primary N) is 1. The maximum absolute atomic E-state index is 6.53. The first kappa shape index (κ1) is 21.9. The summed E-state index contributed by atoms with van der Waals surface area (Å²) in [5, 5.41) is 1.21. The Hall–Kier alpha value is -2.93. The second-order valence-corrected chi connectivity index (χ2v) is 8.90. The molecule has 0 atom stereocenters. The second kappa shape index (κ2) is 9.14. The molecule has 0 aliphatic carbocycles. The molecule has 2 N–H and O–H groups in total. The molecule has 1 aliphatic rings. The standard InChI is InChI=1S/C25H25Cl2N5O/c1-33-20-5-3-19(4-6-20)30-8-10-31(11-9-30)25-15-29-24-12-17(14-28)22(16-32(24)25)21-7-2-18(26)13-23(21)27/h2-7,12-13,15-16H,8-11,14,28H2,1H3. The molecule has 0 amide bonds. The first-order valence-corrected chi connectivity index (χ1v) is 11.6. The molecule has 0 saturated carbocycles. The Morgan fingerprint density at radius 1 is 0.939 bits per heavy atom. The summed E-state index contributed by atoms with van der Waals surface area (Å²) in [7, 11) is 1.69. The number of pyridine rings is 1. The van der Waals surface area contributed by atoms with Gasteiger partial charge in [-0.3, -0.25) is 4.40 Å². The lowest BCUT2D eigenvalue weighted by Crippen LogP contribution is -2.46. The highest BCUT2D eigenvalue weighted by Gasteiger charge is 2.21. The number of benzene rings is 2. The lowest BCUT2D eigenvalue weighted by molar-refractivity contribution is 0.415. The van der Waals surface area contributed by atoms with Crippen LogP contribution in [0, 0.1) is 0 Å². The number of imidazole rings is 1. The Kier molecular flexibility index (Phi) is 6.06. The van der Waals surface area contributed by atoms with Crippen molar-refractivity contribution in [3.63, 3.8) is 0 Å². The van der Waals surface area contributed by atoms with Crippen LogP contribution in [-0.4, -0.2) is 42.7 Å². The second-order valence-electron chi connectivity index (χ2n) is 8.06. The van der Waals surface area contributed by atoms with Gasteiger partial charge in [0.05, 0.1) is 13.3 Å². The van der Waals surface area contributed by atoms with Crippen molar-refractivity contribution < 1.29 is 4.74 Å². The van der Waals surface area contributed by atoms with Crippen LogP contribution in [0.15, 0.2) is 60.9 Å². The number of nitrogens with zero attached hydrogens (tertiary/aromatic N) is 4. The van der Waals surface area contributed by atoms with Gasteiger partial charge in [0.25, 0.3) is 0 Å². The normalized spacial score (nSPS) is 14.2. The van der Waals surface area contributed by atoms with Crippen LogP contribution in [0.4, 0.5) is 11.5 Å². The van der Waals surface area contributed by atoms with Crippen LogP contribution in [0.1, 0.15) is 5.56 Å². The van der Waals surface area contributed by atoms with Crippen molar-refractivity contribution >= 4 is 40.4 Å². The number of methoxy groups -OCH3 is 1. The Labute approximate surface area is 203 Å². The third-order valence-corrected chi connectivity index (χ3v) is 6.74. The van der Waals surface area contributed by atoms with E-state index < -0.39 is 0 Å². The molecule has 1 aliphatic heterocycles. The predicted molar refractivity (Wildman–Crippen MR) is 136 cm³/mol. The van der Waals surface area contributed by atoms with Gasteiger partial charge in [-0.2, -0.15) is 0 Å². The minimum Gasteiger partial charge on any atom is -0.497 e. The van der Waals surface area contributed by atoms with Gasteiger partial charge in [-0.05, 0) is 48.0 Å². The average molecular weight is 482 g/mol. The van der Waals surface area contributed by atoms with Crippen LogP contribution in [0.2, 0.25) is 10.0 Å². The molecule has 0 radical (unpaired) electrons. The number of aromatic nitrogens is 2. The first-order chi connectivity index (χ1) is 16.1. The topological polar surface area (TPSA) is 59.0 Å². The van der Waals surface area contributed by atoms with E-state index in [0.29, 0.717) is 16.6 Å². The van der Waals surface area contributed by atoms with E-state index in [1.54, 1.807) is 13.2 Å². The van der Waals surface area contributed by atoms with Crippen molar-refractivity contribution in [3.8, 4) is 16.9 Å². The zero-order valence-electron chi connectivity index (χ0n) is 18.3. The van der Waals surface area contributed by atoms with E-state index >= 15 is 0 Å². The van der Waals surface area contributed by atoms with Crippen molar-refractivity contribution in [2.75, 3.05) is 43.1 Å². The Morgan fingerprint density at radius 2 is 1.67 bits per heavy atom. The summed E-state index contributed by atoms with van der Waals surface area (Å²) in [5.41, 5.74) is 11.0. The molecule has 170 valence electrons. The van der Waals surface area contributed by atoms with Gasteiger partial charge in [0.2, 0.25) is 0 Å². The number of piperazine rings is 1. The maximum Gasteiger partial charge on any atom is 0.138 e. The molecule has 1 fully saturated rings. The summed E-state index contributed by atoms with van der Waals surface area (Å²) >= 11 is 12.6. The fraction of sp³-hybridized carbons (Fsp3) is 0.240. The Morgan fingerprint density at radius 3 is 2.33 bits per heavy atom. The zero-order valence-corrected chi connectivity index (χ0v) is 19.9. The molecule has 0 spiro atoms. The summed E-state index contributed by atoms with van der Waals surface area (Å²) in [6, 6.07) is 15.8. The number of ether oxygens (including phenoxy) is 1. The van der Waals surface area contributed by atoms with E-state index in [0.717, 1.165) is 60.1 Å². The number of fused-ring (bicyclic) bond motifs is 1. The molecular formula is C25H25Cl2N5O. The number of halogens is 2. The van der Waals surface area contributed by atoms with Crippen molar-refractivity contribution in [1.29, 1.82) is 0 Å². The Bertz CT molecular complexity index is 1280. The molecule has 0 unspecified atom stereocenters. The fourth-order valence-corrected chi connectivity index (χ4v) is 4.90. The minimum atomic E-state index is 0.396. The summed E-state index contributed by atoms with van der Waals surface area (Å²) < 4.78 is 7.40. The summed E-state index contributed by atoms with van der Waals surface area (Å²) in [6.07, 6.45) is 4.02. The summed E-state index contributed by atoms with van der Waals surface area (Å²) in [5.74, 6) is 1.94. The van der Waals surface area contributed by atoms with Gasteiger partial charge in [-0.1, -0.05) is 29.3 Å². The lowest BCUT2D eigenvalue weighted by atomic mass is 10.0. The molecule has 33 heavy (non-hydrogen) atoms. The number of hydrogen-bond acceptors (Lipinski definition) is 5. The van der Waals surface area contributed by atoms with Gasteiger partial charge < -0.3 is 20.3 Å². The zero-order chi connectivity index (χ0) is 22.9. The van der Waals surface area contributed by atoms with Crippen LogP contribution in [-0.2, 0) is 6.54 Å². The van der Waals surface area contributed by atoms with E-state index in [1.807, 2.05) is 36.5 Å². The SMILES string of the molecule is COc1ccc(N2CCN(c3cnc4cc(CN)c(-c5ccc(Cl)cc5Cl)cn34)CC2)cc1. The maximum atomic E-state index is 6.53. The van der Waals surface area contributed by atoms with Gasteiger partial charge >= 0.3 is 0 Å². The van der Waals surface area contributed by atoms with Crippen LogP contribution in [0.3, 0.4) is 0 Å². The average Bonchev–Trinajstić information content (AvgIpc) is 3.26. The van der Waals surface area contributed by atoms with Crippen molar-refractivity contribution in [2.24, 2.45) is 5.73 Å². The highest BCUT2D eigenvalue weighted by atomic mass is 35.5. The third-order valence-electron chi connectivity index (χ3n) is 6.20. The molecule has 4 aromatic rings. The summed E-state index contributed by atoms with van der Waals surface area (Å²) in [4.78, 5) is 9.42. The highest BCUT2D eigenvalue weighted by molar-refractivity contribution is 6.36. The molecule has 0 bridgehead atoms. The quantitative estimate of drug-likeness (QED) is 0.429. The summed E-state index contributed by atoms with van der Waals surface area (Å²) in [6.45, 7) is 4.05. The van der Waals surface area contributed by atoms with Gasteiger partial charge in [-0.25, -0.2) is 4.98 Å². The fourth-order valence-electron chi connectivity index (χ4n) is 4.39. The molecule has 1 saturated heterocycles. The highest BCUT2D eigenvalue weighted by Crippen LogP contribution is 2.34. The molecule has 3 heterocycles. The van der Waals surface area contributed by atoms with Gasteiger partial charge in [-0.15, -0.1) is 0 Å². The van der Waals surface area contributed by atoms with Gasteiger partial charge in [0.1, 0.15) is 17.2 Å². The number of hydrogen-bond donors (Lipinski definition) is 1. The van der Waals surface area contributed by atoms with E-state index in [4.69, 9.17) is 33.7 Å². The van der Waals surface area contributed by atoms with Crippen LogP contribution < -0.4 is 20.3 Å². The monoisotopic (exact) mass is 481 g/mol. The Balaban J connectivity index is 1.43. The molecule has 2 aromatic heterocycles. The van der Waals surface area contributed by atoms with Crippen molar-refractivity contribution in [2.45, 2.75) is 6.54 Å². The molecular weight excluding hydrogens is 457 g/mol. The van der Waals surface area contributed by atoms with Crippen LogP contribution >= 0.6 is 23.2 Å². The first-order valence-electron chi connectivity index (χ1n) is 10.9. The smallest absolute Gasteiger partial charge is 0.138 e. The van der Waals surface area contributed by atoms with E-state index in [1.165, 1.54) is 5.69 Å². The third kappa shape index (κ3) is 4.22. The van der Waals surface area contributed by atoms with Crippen molar-refractivity contribution in [3.05, 3.63) is 76.5 Å². The van der Waals surface area contributed by atoms with E-state index in [9.17, 15) is 0 Å². The molecule has 5 rings (SSSR count). The lowest BCUT2D eigenvalue weighted by Gasteiger charge is -2.37. The predicted octanol–water partition coefficient (Wildman–Crippen LogP) is 5.10. The number of rotatable bonds is 5. The largest absolute Gasteiger partial charge is 0.497 e. The minimum absolute atomic E-state index is 0.396. The van der Waals surface area contributed by atoms with Crippen LogP contribution in [0.25, 0.3) is 16.8 Å². The molecule has 2 aromatic carbocycles. The van der Waals surface area contributed by atoms with Crippen molar-refractivity contribution in [1.82, 2.24) is 9.38 Å². The van der Waals surface area contributed by atoms with Gasteiger partial charge in [0.15, 0.2) is 0 Å².